The zero-order valence-corrected chi connectivity index (χ0v) is 12.2. The Morgan fingerprint density at radius 3 is 2.91 bits per heavy atom. The first-order valence-electron chi connectivity index (χ1n) is 6.64. The molecule has 0 bridgehead atoms. The summed E-state index contributed by atoms with van der Waals surface area (Å²) in [5, 5.41) is 0. The smallest absolute Gasteiger partial charge is 0.199 e. The van der Waals surface area contributed by atoms with Crippen molar-refractivity contribution < 1.29 is 14.0 Å². The summed E-state index contributed by atoms with van der Waals surface area (Å²) in [5.41, 5.74) is 2.00. The van der Waals surface area contributed by atoms with Gasteiger partial charge in [0.2, 0.25) is 0 Å². The van der Waals surface area contributed by atoms with Crippen molar-refractivity contribution in [2.75, 3.05) is 13.6 Å². The number of fused-ring (bicyclic) bond motifs is 1. The van der Waals surface area contributed by atoms with Crippen molar-refractivity contribution in [3.8, 4) is 0 Å². The molecular formula is C16H15N3O3. The highest BCUT2D eigenvalue weighted by atomic mass is 16.3. The number of carbonyl (C=O) groups is 2. The molecule has 0 unspecified atom stereocenters. The van der Waals surface area contributed by atoms with Gasteiger partial charge in [0.25, 0.3) is 0 Å². The molecule has 22 heavy (non-hydrogen) atoms. The molecule has 1 aromatic heterocycles. The monoisotopic (exact) mass is 297 g/mol. The van der Waals surface area contributed by atoms with Crippen LogP contribution in [0, 0.1) is 0 Å². The Bertz CT molecular complexity index is 772. The Labute approximate surface area is 127 Å². The summed E-state index contributed by atoms with van der Waals surface area (Å²) in [5.74, 6) is -0.586. The molecule has 0 N–H and O–H groups in total. The minimum atomic E-state index is -0.304. The van der Waals surface area contributed by atoms with Crippen molar-refractivity contribution in [1.29, 1.82) is 0 Å². The topological polar surface area (TPSA) is 84.9 Å². The van der Waals surface area contributed by atoms with Gasteiger partial charge in [-0.1, -0.05) is 0 Å². The molecule has 1 aromatic carbocycles. The molecule has 0 fully saturated rings. The Morgan fingerprint density at radius 1 is 1.36 bits per heavy atom. The van der Waals surface area contributed by atoms with Gasteiger partial charge in [0.05, 0.1) is 5.71 Å². The summed E-state index contributed by atoms with van der Waals surface area (Å²) in [4.78, 5) is 35.6. The molecule has 112 valence electrons. The Kier molecular flexibility index (Phi) is 5.08. The van der Waals surface area contributed by atoms with Crippen molar-refractivity contribution in [3.63, 3.8) is 0 Å². The summed E-state index contributed by atoms with van der Waals surface area (Å²) in [6, 6.07) is 4.91. The fraction of sp³-hybridized carbons (Fsp3) is 0.188. The number of aliphatic imine (C=N–C) groups is 2. The highest BCUT2D eigenvalue weighted by Crippen LogP contribution is 2.14. The number of aromatic nitrogens is 1. The van der Waals surface area contributed by atoms with Crippen LogP contribution in [0.1, 0.15) is 16.8 Å². The SMILES string of the molecule is C=NCCC(=NC)C(=O)/C=C/C(=O)c1ccc2ocnc2c1. The lowest BCUT2D eigenvalue weighted by Gasteiger charge is -1.99. The first-order valence-corrected chi connectivity index (χ1v) is 6.64. The van der Waals surface area contributed by atoms with Gasteiger partial charge in [0.1, 0.15) is 5.52 Å². The molecule has 0 aliphatic rings. The van der Waals surface area contributed by atoms with E-state index in [0.717, 1.165) is 0 Å². The highest BCUT2D eigenvalue weighted by molar-refractivity contribution is 6.44. The van der Waals surface area contributed by atoms with Gasteiger partial charge < -0.3 is 9.41 Å². The van der Waals surface area contributed by atoms with Crippen LogP contribution in [0.5, 0.6) is 0 Å². The highest BCUT2D eigenvalue weighted by Gasteiger charge is 2.09. The number of oxazole rings is 1. The number of allylic oxidation sites excluding steroid dienone is 2. The predicted molar refractivity (Wildman–Crippen MR) is 84.9 cm³/mol. The molecule has 0 spiro atoms. The van der Waals surface area contributed by atoms with E-state index in [1.165, 1.54) is 25.6 Å². The Hall–Kier alpha value is -2.89. The van der Waals surface area contributed by atoms with E-state index in [-0.39, 0.29) is 11.6 Å². The van der Waals surface area contributed by atoms with Crippen molar-refractivity contribution in [2.24, 2.45) is 9.98 Å². The minimum Gasteiger partial charge on any atom is -0.443 e. The van der Waals surface area contributed by atoms with E-state index in [4.69, 9.17) is 4.42 Å². The van der Waals surface area contributed by atoms with Crippen LogP contribution in [0.4, 0.5) is 0 Å². The number of rotatable bonds is 7. The maximum atomic E-state index is 12.1. The van der Waals surface area contributed by atoms with E-state index in [1.807, 2.05) is 0 Å². The maximum absolute atomic E-state index is 12.1. The lowest BCUT2D eigenvalue weighted by Crippen LogP contribution is -2.13. The van der Waals surface area contributed by atoms with Gasteiger partial charge in [-0.2, -0.15) is 0 Å². The van der Waals surface area contributed by atoms with Crippen LogP contribution >= 0.6 is 0 Å². The molecule has 2 rings (SSSR count). The fourth-order valence-corrected chi connectivity index (χ4v) is 1.89. The lowest BCUT2D eigenvalue weighted by molar-refractivity contribution is -0.109. The second kappa shape index (κ2) is 7.21. The van der Waals surface area contributed by atoms with E-state index < -0.39 is 0 Å². The zero-order chi connectivity index (χ0) is 15.9. The number of hydrogen-bond donors (Lipinski definition) is 0. The second-order valence-electron chi connectivity index (χ2n) is 4.46. The predicted octanol–water partition coefficient (Wildman–Crippen LogP) is 2.30. The van der Waals surface area contributed by atoms with Crippen LogP contribution < -0.4 is 0 Å². The van der Waals surface area contributed by atoms with E-state index in [1.54, 1.807) is 18.2 Å². The third-order valence-electron chi connectivity index (χ3n) is 3.06. The van der Waals surface area contributed by atoms with Gasteiger partial charge in [0.15, 0.2) is 23.5 Å². The van der Waals surface area contributed by atoms with Crippen LogP contribution in [0.3, 0.4) is 0 Å². The molecular weight excluding hydrogens is 282 g/mol. The molecule has 0 aliphatic heterocycles. The van der Waals surface area contributed by atoms with Crippen molar-refractivity contribution in [2.45, 2.75) is 6.42 Å². The van der Waals surface area contributed by atoms with E-state index in [2.05, 4.69) is 21.7 Å². The number of benzene rings is 1. The second-order valence-corrected chi connectivity index (χ2v) is 4.46. The molecule has 1 heterocycles. The molecule has 0 saturated heterocycles. The molecule has 6 heteroatoms. The van der Waals surface area contributed by atoms with Gasteiger partial charge in [0, 0.05) is 25.6 Å². The summed E-state index contributed by atoms with van der Waals surface area (Å²) >= 11 is 0. The zero-order valence-electron chi connectivity index (χ0n) is 12.2. The van der Waals surface area contributed by atoms with Crippen LogP contribution in [0.2, 0.25) is 0 Å². The largest absolute Gasteiger partial charge is 0.443 e. The average Bonchev–Trinajstić information content (AvgIpc) is 3.00. The third kappa shape index (κ3) is 3.60. The van der Waals surface area contributed by atoms with Crippen LogP contribution in [0.25, 0.3) is 11.1 Å². The molecule has 0 radical (unpaired) electrons. The Morgan fingerprint density at radius 2 is 2.18 bits per heavy atom. The van der Waals surface area contributed by atoms with Gasteiger partial charge in [-0.25, -0.2) is 4.98 Å². The first-order chi connectivity index (χ1) is 10.7. The fourth-order valence-electron chi connectivity index (χ4n) is 1.89. The van der Waals surface area contributed by atoms with Crippen molar-refractivity contribution in [3.05, 3.63) is 42.3 Å². The first kappa shape index (κ1) is 15.5. The van der Waals surface area contributed by atoms with E-state index >= 15 is 0 Å². The number of ketones is 2. The molecule has 0 aliphatic carbocycles. The summed E-state index contributed by atoms with van der Waals surface area (Å²) in [6.45, 7) is 3.78. The third-order valence-corrected chi connectivity index (χ3v) is 3.06. The Balaban J connectivity index is 2.09. The quantitative estimate of drug-likeness (QED) is 0.446. The normalized spacial score (nSPS) is 12.0. The van der Waals surface area contributed by atoms with Gasteiger partial charge in [-0.3, -0.25) is 14.6 Å². The van der Waals surface area contributed by atoms with Gasteiger partial charge in [-0.05, 0) is 37.1 Å². The van der Waals surface area contributed by atoms with Gasteiger partial charge in [-0.15, -0.1) is 0 Å². The standard InChI is InChI=1S/C16H15N3O3/c1-17-8-7-12(18-2)15(21)5-4-14(20)11-3-6-16-13(9-11)19-10-22-16/h3-6,9-10H,1,7-8H2,2H3/b5-4+,18-12?. The molecule has 0 amide bonds. The molecule has 6 nitrogen and oxygen atoms in total. The number of hydrogen-bond acceptors (Lipinski definition) is 6. The van der Waals surface area contributed by atoms with Crippen LogP contribution in [-0.2, 0) is 4.79 Å². The minimum absolute atomic E-state index is 0.282. The lowest BCUT2D eigenvalue weighted by atomic mass is 10.1. The number of nitrogens with zero attached hydrogens (tertiary/aromatic N) is 3. The van der Waals surface area contributed by atoms with Gasteiger partial charge >= 0.3 is 0 Å². The molecule has 2 aromatic rings. The maximum Gasteiger partial charge on any atom is 0.199 e. The van der Waals surface area contributed by atoms with E-state index in [0.29, 0.717) is 35.3 Å². The van der Waals surface area contributed by atoms with Crippen molar-refractivity contribution >= 4 is 35.1 Å². The van der Waals surface area contributed by atoms with Crippen molar-refractivity contribution in [1.82, 2.24) is 4.98 Å². The van der Waals surface area contributed by atoms with Crippen LogP contribution in [-0.4, -0.2) is 42.6 Å². The average molecular weight is 297 g/mol. The summed E-state index contributed by atoms with van der Waals surface area (Å²) in [6.07, 6.45) is 4.18. The molecule has 0 saturated carbocycles. The van der Waals surface area contributed by atoms with E-state index in [9.17, 15) is 9.59 Å². The summed E-state index contributed by atoms with van der Waals surface area (Å²) in [7, 11) is 1.53. The molecule has 0 atom stereocenters. The number of carbonyl (C=O) groups excluding carboxylic acids is 2. The van der Waals surface area contributed by atoms with Crippen LogP contribution in [0.15, 0.2) is 51.1 Å². The summed E-state index contributed by atoms with van der Waals surface area (Å²) < 4.78 is 5.11.